The van der Waals surface area contributed by atoms with Gasteiger partial charge in [-0.15, -0.1) is 5.10 Å². The Morgan fingerprint density at radius 1 is 1.38 bits per heavy atom. The maximum absolute atomic E-state index is 12.4. The molecule has 0 radical (unpaired) electrons. The van der Waals surface area contributed by atoms with Crippen molar-refractivity contribution in [3.8, 4) is 0 Å². The molecule has 3 rings (SSSR count). The molecule has 1 N–H and O–H groups in total. The molecule has 0 spiro atoms. The predicted octanol–water partition coefficient (Wildman–Crippen LogP) is 1.15. The molecular weight excluding hydrogens is 306 g/mol. The topological polar surface area (TPSA) is 76.2 Å². The Morgan fingerprint density at radius 3 is 2.71 bits per heavy atom. The number of rotatable bonds is 5. The SMILES string of the molecule is C[C@H](O)c1cn(CC2CCN(C(=O)Cc3ccn(C)c3)CC2)nn1. The zero-order valence-electron chi connectivity index (χ0n) is 14.3. The molecule has 0 aromatic carbocycles. The number of amides is 1. The van der Waals surface area contributed by atoms with Crippen LogP contribution in [0.15, 0.2) is 24.7 Å². The van der Waals surface area contributed by atoms with Crippen LogP contribution < -0.4 is 0 Å². The summed E-state index contributed by atoms with van der Waals surface area (Å²) in [6.07, 6.45) is 7.61. The van der Waals surface area contributed by atoms with Crippen molar-refractivity contribution in [1.29, 1.82) is 0 Å². The van der Waals surface area contributed by atoms with Gasteiger partial charge in [0.2, 0.25) is 5.91 Å². The molecule has 24 heavy (non-hydrogen) atoms. The number of aliphatic hydroxyl groups is 1. The first-order valence-corrected chi connectivity index (χ1v) is 8.48. The molecule has 130 valence electrons. The largest absolute Gasteiger partial charge is 0.387 e. The Labute approximate surface area is 141 Å². The number of aliphatic hydroxyl groups excluding tert-OH is 1. The maximum Gasteiger partial charge on any atom is 0.227 e. The van der Waals surface area contributed by atoms with Gasteiger partial charge in [0.15, 0.2) is 0 Å². The fourth-order valence-corrected chi connectivity index (χ4v) is 3.18. The molecule has 1 atom stereocenters. The highest BCUT2D eigenvalue weighted by Crippen LogP contribution is 2.20. The minimum atomic E-state index is -0.587. The Hall–Kier alpha value is -2.15. The van der Waals surface area contributed by atoms with Crippen LogP contribution in [0.2, 0.25) is 0 Å². The lowest BCUT2D eigenvalue weighted by Crippen LogP contribution is -2.40. The van der Waals surface area contributed by atoms with Gasteiger partial charge in [0.25, 0.3) is 0 Å². The molecule has 0 saturated carbocycles. The van der Waals surface area contributed by atoms with E-state index in [0.717, 1.165) is 38.0 Å². The number of hydrogen-bond donors (Lipinski definition) is 1. The second-order valence-corrected chi connectivity index (χ2v) is 6.73. The first-order chi connectivity index (χ1) is 11.5. The Balaban J connectivity index is 1.47. The van der Waals surface area contributed by atoms with Gasteiger partial charge in [0.1, 0.15) is 5.69 Å². The Morgan fingerprint density at radius 2 is 2.12 bits per heavy atom. The molecule has 1 fully saturated rings. The van der Waals surface area contributed by atoms with Crippen molar-refractivity contribution in [1.82, 2.24) is 24.5 Å². The molecule has 3 heterocycles. The van der Waals surface area contributed by atoms with Gasteiger partial charge in [-0.1, -0.05) is 5.21 Å². The van der Waals surface area contributed by atoms with Gasteiger partial charge in [0.05, 0.1) is 18.7 Å². The molecule has 0 unspecified atom stereocenters. The van der Waals surface area contributed by atoms with Gasteiger partial charge in [-0.3, -0.25) is 9.48 Å². The third kappa shape index (κ3) is 4.03. The van der Waals surface area contributed by atoms with Crippen molar-refractivity contribution in [2.45, 2.75) is 38.8 Å². The lowest BCUT2D eigenvalue weighted by atomic mass is 9.96. The van der Waals surface area contributed by atoms with Gasteiger partial charge in [0, 0.05) is 39.1 Å². The predicted molar refractivity (Wildman–Crippen MR) is 89.1 cm³/mol. The van der Waals surface area contributed by atoms with E-state index in [9.17, 15) is 9.90 Å². The van der Waals surface area contributed by atoms with Crippen molar-refractivity contribution in [3.63, 3.8) is 0 Å². The lowest BCUT2D eigenvalue weighted by molar-refractivity contribution is -0.131. The molecule has 0 bridgehead atoms. The summed E-state index contributed by atoms with van der Waals surface area (Å²) in [4.78, 5) is 14.3. The molecule has 2 aromatic heterocycles. The fraction of sp³-hybridized carbons (Fsp3) is 0.588. The number of nitrogens with zero attached hydrogens (tertiary/aromatic N) is 5. The van der Waals surface area contributed by atoms with Crippen LogP contribution in [0.5, 0.6) is 0 Å². The number of aromatic nitrogens is 4. The smallest absolute Gasteiger partial charge is 0.227 e. The summed E-state index contributed by atoms with van der Waals surface area (Å²) in [7, 11) is 1.96. The molecule has 0 aliphatic carbocycles. The summed E-state index contributed by atoms with van der Waals surface area (Å²) in [6, 6.07) is 2.00. The van der Waals surface area contributed by atoms with E-state index in [2.05, 4.69) is 10.3 Å². The number of aryl methyl sites for hydroxylation is 1. The molecule has 1 aliphatic rings. The van der Waals surface area contributed by atoms with E-state index in [-0.39, 0.29) is 5.91 Å². The third-order valence-electron chi connectivity index (χ3n) is 4.65. The van der Waals surface area contributed by atoms with Gasteiger partial charge in [-0.05, 0) is 37.3 Å². The van der Waals surface area contributed by atoms with Crippen LogP contribution in [0, 0.1) is 5.92 Å². The van der Waals surface area contributed by atoms with Crippen LogP contribution in [0.4, 0.5) is 0 Å². The summed E-state index contributed by atoms with van der Waals surface area (Å²) in [6.45, 7) is 4.08. The molecule has 7 nitrogen and oxygen atoms in total. The van der Waals surface area contributed by atoms with Crippen LogP contribution >= 0.6 is 0 Å². The highest BCUT2D eigenvalue weighted by atomic mass is 16.3. The van der Waals surface area contributed by atoms with Crippen molar-refractivity contribution in [2.75, 3.05) is 13.1 Å². The molecule has 1 amide bonds. The van der Waals surface area contributed by atoms with Gasteiger partial charge >= 0.3 is 0 Å². The van der Waals surface area contributed by atoms with Crippen molar-refractivity contribution in [2.24, 2.45) is 13.0 Å². The summed E-state index contributed by atoms with van der Waals surface area (Å²) in [5.74, 6) is 0.700. The Bertz CT molecular complexity index is 683. The second kappa shape index (κ2) is 7.17. The van der Waals surface area contributed by atoms with Crippen LogP contribution in [0.25, 0.3) is 0 Å². The summed E-state index contributed by atoms with van der Waals surface area (Å²) >= 11 is 0. The fourth-order valence-electron chi connectivity index (χ4n) is 3.18. The quantitative estimate of drug-likeness (QED) is 0.892. The van der Waals surface area contributed by atoms with Crippen molar-refractivity contribution < 1.29 is 9.90 Å². The molecule has 2 aromatic rings. The maximum atomic E-state index is 12.4. The van der Waals surface area contributed by atoms with E-state index in [0.29, 0.717) is 18.0 Å². The number of carbonyl (C=O) groups excluding carboxylic acids is 1. The van der Waals surface area contributed by atoms with Crippen molar-refractivity contribution >= 4 is 5.91 Å². The minimum absolute atomic E-state index is 0.205. The number of carbonyl (C=O) groups is 1. The molecular formula is C17H25N5O2. The van der Waals surface area contributed by atoms with Gasteiger partial charge < -0.3 is 14.6 Å². The van der Waals surface area contributed by atoms with Crippen molar-refractivity contribution in [3.05, 3.63) is 35.9 Å². The Kier molecular flexibility index (Phi) is 4.99. The summed E-state index contributed by atoms with van der Waals surface area (Å²) in [5, 5.41) is 17.5. The van der Waals surface area contributed by atoms with E-state index >= 15 is 0 Å². The molecule has 1 aliphatic heterocycles. The average molecular weight is 331 g/mol. The van der Waals surface area contributed by atoms with E-state index in [4.69, 9.17) is 0 Å². The van der Waals surface area contributed by atoms with E-state index < -0.39 is 6.10 Å². The average Bonchev–Trinajstić information content (AvgIpc) is 3.17. The standard InChI is InChI=1S/C17H25N5O2/c1-13(23)16-12-22(19-18-16)11-14-4-7-21(8-5-14)17(24)9-15-3-6-20(2)10-15/h3,6,10,12-14,23H,4-5,7-9,11H2,1-2H3/t13-/m0/s1. The van der Waals surface area contributed by atoms with Crippen LogP contribution in [0.3, 0.4) is 0 Å². The number of piperidine rings is 1. The van der Waals surface area contributed by atoms with Crippen LogP contribution in [0.1, 0.15) is 37.1 Å². The zero-order valence-corrected chi connectivity index (χ0v) is 14.3. The first kappa shape index (κ1) is 16.7. The zero-order chi connectivity index (χ0) is 17.1. The lowest BCUT2D eigenvalue weighted by Gasteiger charge is -2.32. The van der Waals surface area contributed by atoms with Gasteiger partial charge in [-0.25, -0.2) is 0 Å². The molecule has 7 heteroatoms. The van der Waals surface area contributed by atoms with E-state index in [1.54, 1.807) is 17.8 Å². The monoisotopic (exact) mass is 331 g/mol. The van der Waals surface area contributed by atoms with E-state index in [1.807, 2.05) is 35.0 Å². The number of hydrogen-bond acceptors (Lipinski definition) is 4. The molecule has 1 saturated heterocycles. The number of likely N-dealkylation sites (tertiary alicyclic amines) is 1. The minimum Gasteiger partial charge on any atom is -0.387 e. The third-order valence-corrected chi connectivity index (χ3v) is 4.65. The summed E-state index contributed by atoms with van der Waals surface area (Å²) < 4.78 is 3.77. The van der Waals surface area contributed by atoms with Crippen LogP contribution in [-0.2, 0) is 24.8 Å². The highest BCUT2D eigenvalue weighted by Gasteiger charge is 2.23. The van der Waals surface area contributed by atoms with E-state index in [1.165, 1.54) is 0 Å². The second-order valence-electron chi connectivity index (χ2n) is 6.73. The normalized spacial score (nSPS) is 17.2. The highest BCUT2D eigenvalue weighted by molar-refractivity contribution is 5.78. The van der Waals surface area contributed by atoms with Gasteiger partial charge in [-0.2, -0.15) is 0 Å². The van der Waals surface area contributed by atoms with Crippen LogP contribution in [-0.4, -0.2) is 48.6 Å². The summed E-state index contributed by atoms with van der Waals surface area (Å²) in [5.41, 5.74) is 1.67. The first-order valence-electron chi connectivity index (χ1n) is 8.48.